The van der Waals surface area contributed by atoms with Gasteiger partial charge in [0.25, 0.3) is 0 Å². The number of rotatable bonds is 7. The zero-order valence-electron chi connectivity index (χ0n) is 8.69. The standard InChI is InChI=1S/C9H18N2O2S/c1-3-8(9(12)13)6-14-5-4-11-7(2)10/h8H,3-6H2,1-2H3,(H2,10,11)(H,12,13)/t8-/m1/s1. The summed E-state index contributed by atoms with van der Waals surface area (Å²) in [7, 11) is 0. The van der Waals surface area contributed by atoms with E-state index in [2.05, 4.69) is 4.99 Å². The fourth-order valence-electron chi connectivity index (χ4n) is 0.876. The number of thioether (sulfide) groups is 1. The molecule has 0 rings (SSSR count). The van der Waals surface area contributed by atoms with Crippen LogP contribution in [0.15, 0.2) is 4.99 Å². The van der Waals surface area contributed by atoms with Gasteiger partial charge in [-0.1, -0.05) is 6.92 Å². The molecule has 0 aliphatic heterocycles. The Labute approximate surface area is 89.0 Å². The molecule has 0 aliphatic carbocycles. The molecule has 82 valence electrons. The van der Waals surface area contributed by atoms with Crippen molar-refractivity contribution in [1.29, 1.82) is 0 Å². The van der Waals surface area contributed by atoms with E-state index in [4.69, 9.17) is 10.8 Å². The molecular weight excluding hydrogens is 200 g/mol. The maximum Gasteiger partial charge on any atom is 0.307 e. The Hall–Kier alpha value is -0.710. The van der Waals surface area contributed by atoms with Gasteiger partial charge in [-0.3, -0.25) is 9.79 Å². The highest BCUT2D eigenvalue weighted by Gasteiger charge is 2.13. The zero-order chi connectivity index (χ0) is 11.0. The lowest BCUT2D eigenvalue weighted by Gasteiger charge is -2.07. The van der Waals surface area contributed by atoms with E-state index in [1.807, 2.05) is 6.92 Å². The number of amidine groups is 1. The van der Waals surface area contributed by atoms with Gasteiger partial charge in [0.1, 0.15) is 0 Å². The van der Waals surface area contributed by atoms with E-state index in [1.165, 1.54) is 0 Å². The van der Waals surface area contributed by atoms with Crippen molar-refractivity contribution in [3.05, 3.63) is 0 Å². The molecule has 4 nitrogen and oxygen atoms in total. The molecule has 0 bridgehead atoms. The van der Waals surface area contributed by atoms with Crippen LogP contribution in [-0.4, -0.2) is 35.0 Å². The van der Waals surface area contributed by atoms with Crippen molar-refractivity contribution in [3.8, 4) is 0 Å². The summed E-state index contributed by atoms with van der Waals surface area (Å²) in [5.74, 6) is 1.13. The van der Waals surface area contributed by atoms with Gasteiger partial charge < -0.3 is 10.8 Å². The highest BCUT2D eigenvalue weighted by molar-refractivity contribution is 7.99. The minimum Gasteiger partial charge on any atom is -0.481 e. The summed E-state index contributed by atoms with van der Waals surface area (Å²) in [4.78, 5) is 14.7. The van der Waals surface area contributed by atoms with Crippen molar-refractivity contribution >= 4 is 23.6 Å². The van der Waals surface area contributed by atoms with Gasteiger partial charge in [0.2, 0.25) is 0 Å². The van der Waals surface area contributed by atoms with Crippen LogP contribution in [0.1, 0.15) is 20.3 Å². The minimum atomic E-state index is -0.710. The fourth-order valence-corrected chi connectivity index (χ4v) is 1.93. The summed E-state index contributed by atoms with van der Waals surface area (Å²) in [5, 5.41) is 8.76. The van der Waals surface area contributed by atoms with E-state index < -0.39 is 5.97 Å². The van der Waals surface area contributed by atoms with Gasteiger partial charge in [0, 0.05) is 18.1 Å². The van der Waals surface area contributed by atoms with Crippen molar-refractivity contribution in [2.24, 2.45) is 16.6 Å². The molecule has 0 radical (unpaired) electrons. The topological polar surface area (TPSA) is 75.7 Å². The minimum absolute atomic E-state index is 0.233. The van der Waals surface area contributed by atoms with Crippen LogP contribution >= 0.6 is 11.8 Å². The average Bonchev–Trinajstić information content (AvgIpc) is 2.10. The number of nitrogens with two attached hydrogens (primary N) is 1. The maximum absolute atomic E-state index is 10.6. The van der Waals surface area contributed by atoms with Gasteiger partial charge >= 0.3 is 5.97 Å². The molecule has 0 aromatic rings. The van der Waals surface area contributed by atoms with Crippen LogP contribution in [-0.2, 0) is 4.79 Å². The Bertz CT molecular complexity index is 203. The number of aliphatic imine (C=N–C) groups is 1. The lowest BCUT2D eigenvalue weighted by atomic mass is 10.1. The molecule has 0 saturated carbocycles. The number of aliphatic carboxylic acids is 1. The van der Waals surface area contributed by atoms with Crippen LogP contribution in [0.2, 0.25) is 0 Å². The highest BCUT2D eigenvalue weighted by atomic mass is 32.2. The molecule has 0 saturated heterocycles. The first-order chi connectivity index (χ1) is 6.57. The normalized spacial score (nSPS) is 14.0. The summed E-state index contributed by atoms with van der Waals surface area (Å²) in [5.41, 5.74) is 5.36. The number of hydrogen-bond donors (Lipinski definition) is 2. The van der Waals surface area contributed by atoms with Crippen molar-refractivity contribution < 1.29 is 9.90 Å². The first-order valence-electron chi connectivity index (χ1n) is 4.65. The second-order valence-electron chi connectivity index (χ2n) is 3.04. The van der Waals surface area contributed by atoms with Crippen LogP contribution in [0.4, 0.5) is 0 Å². The lowest BCUT2D eigenvalue weighted by Crippen LogP contribution is -2.15. The highest BCUT2D eigenvalue weighted by Crippen LogP contribution is 2.12. The first kappa shape index (κ1) is 13.3. The van der Waals surface area contributed by atoms with Crippen LogP contribution in [0.5, 0.6) is 0 Å². The van der Waals surface area contributed by atoms with Gasteiger partial charge in [-0.25, -0.2) is 0 Å². The second kappa shape index (κ2) is 7.67. The molecule has 0 aliphatic rings. The molecule has 0 unspecified atom stereocenters. The molecule has 0 aromatic carbocycles. The molecule has 0 amide bonds. The Balaban J connectivity index is 3.52. The Morgan fingerprint density at radius 3 is 2.71 bits per heavy atom. The third-order valence-electron chi connectivity index (χ3n) is 1.76. The van der Waals surface area contributed by atoms with Gasteiger partial charge in [0.05, 0.1) is 11.8 Å². The molecule has 5 heteroatoms. The average molecular weight is 218 g/mol. The van der Waals surface area contributed by atoms with Gasteiger partial charge in [0.15, 0.2) is 0 Å². The summed E-state index contributed by atoms with van der Waals surface area (Å²) in [6.45, 7) is 4.31. The Morgan fingerprint density at radius 1 is 1.64 bits per heavy atom. The smallest absolute Gasteiger partial charge is 0.307 e. The van der Waals surface area contributed by atoms with Crippen molar-refractivity contribution in [2.75, 3.05) is 18.1 Å². The number of carboxylic acids is 1. The zero-order valence-corrected chi connectivity index (χ0v) is 9.51. The SMILES string of the molecule is CC[C@H](CSCCN=C(C)N)C(=O)O. The van der Waals surface area contributed by atoms with Crippen molar-refractivity contribution in [3.63, 3.8) is 0 Å². The quantitative estimate of drug-likeness (QED) is 0.382. The molecule has 3 N–H and O–H groups in total. The van der Waals surface area contributed by atoms with Crippen LogP contribution in [0.25, 0.3) is 0 Å². The maximum atomic E-state index is 10.6. The molecule has 0 spiro atoms. The predicted octanol–water partition coefficient (Wildman–Crippen LogP) is 1.21. The second-order valence-corrected chi connectivity index (χ2v) is 4.19. The van der Waals surface area contributed by atoms with E-state index >= 15 is 0 Å². The molecule has 14 heavy (non-hydrogen) atoms. The van der Waals surface area contributed by atoms with Gasteiger partial charge in [-0.2, -0.15) is 11.8 Å². The summed E-state index contributed by atoms with van der Waals surface area (Å²) in [6.07, 6.45) is 0.682. The number of hydrogen-bond acceptors (Lipinski definition) is 3. The van der Waals surface area contributed by atoms with Crippen molar-refractivity contribution in [1.82, 2.24) is 0 Å². The van der Waals surface area contributed by atoms with Crippen LogP contribution < -0.4 is 5.73 Å². The summed E-state index contributed by atoms with van der Waals surface area (Å²) >= 11 is 1.61. The molecule has 1 atom stereocenters. The molecule has 0 fully saturated rings. The van der Waals surface area contributed by atoms with E-state index in [0.29, 0.717) is 24.6 Å². The summed E-state index contributed by atoms with van der Waals surface area (Å²) in [6, 6.07) is 0. The largest absolute Gasteiger partial charge is 0.481 e. The van der Waals surface area contributed by atoms with Crippen LogP contribution in [0.3, 0.4) is 0 Å². The summed E-state index contributed by atoms with van der Waals surface area (Å²) < 4.78 is 0. The number of nitrogens with zero attached hydrogens (tertiary/aromatic N) is 1. The molecule has 0 aromatic heterocycles. The van der Waals surface area contributed by atoms with Crippen LogP contribution in [0, 0.1) is 5.92 Å². The van der Waals surface area contributed by atoms with E-state index in [9.17, 15) is 4.79 Å². The van der Waals surface area contributed by atoms with Gasteiger partial charge in [-0.15, -0.1) is 0 Å². The predicted molar refractivity (Wildman–Crippen MR) is 60.9 cm³/mol. The lowest BCUT2D eigenvalue weighted by molar-refractivity contribution is -0.140. The number of carboxylic acid groups (broad SMARTS) is 1. The first-order valence-corrected chi connectivity index (χ1v) is 5.80. The molecule has 0 heterocycles. The fraction of sp³-hybridized carbons (Fsp3) is 0.778. The Morgan fingerprint density at radius 2 is 2.29 bits per heavy atom. The van der Waals surface area contributed by atoms with E-state index in [0.717, 1.165) is 5.75 Å². The third-order valence-corrected chi connectivity index (χ3v) is 2.87. The van der Waals surface area contributed by atoms with E-state index in [-0.39, 0.29) is 5.92 Å². The van der Waals surface area contributed by atoms with Gasteiger partial charge in [-0.05, 0) is 13.3 Å². The number of carbonyl (C=O) groups is 1. The van der Waals surface area contributed by atoms with E-state index in [1.54, 1.807) is 18.7 Å². The third kappa shape index (κ3) is 6.77. The van der Waals surface area contributed by atoms with Crippen molar-refractivity contribution in [2.45, 2.75) is 20.3 Å². The Kier molecular flexibility index (Phi) is 7.28. The molecular formula is C9H18N2O2S. The monoisotopic (exact) mass is 218 g/mol.